The van der Waals surface area contributed by atoms with E-state index in [0.29, 0.717) is 13.1 Å². The first-order chi connectivity index (χ1) is 13.7. The monoisotopic (exact) mass is 383 g/mol. The lowest BCUT2D eigenvalue weighted by Gasteiger charge is -2.46. The van der Waals surface area contributed by atoms with E-state index >= 15 is 0 Å². The number of rotatable bonds is 5. The molecule has 2 heterocycles. The Morgan fingerprint density at radius 3 is 2.61 bits per heavy atom. The molecule has 0 aliphatic carbocycles. The van der Waals surface area contributed by atoms with Crippen LogP contribution < -0.4 is 24.7 Å². The maximum atomic E-state index is 12.7. The normalized spacial score (nSPS) is 17.4. The van der Waals surface area contributed by atoms with Crippen LogP contribution in [0.2, 0.25) is 0 Å². The zero-order valence-corrected chi connectivity index (χ0v) is 16.5. The molecule has 0 atom stereocenters. The van der Waals surface area contributed by atoms with E-state index in [4.69, 9.17) is 9.47 Å². The molecule has 0 unspecified atom stereocenters. The number of hydroxylamine groups is 1. The number of para-hydroxylation sites is 1. The number of hydrogen-bond donors (Lipinski definition) is 1. The van der Waals surface area contributed by atoms with E-state index in [-0.39, 0.29) is 0 Å². The van der Waals surface area contributed by atoms with Gasteiger partial charge in [0, 0.05) is 44.5 Å². The largest absolute Gasteiger partial charge is 0.767 e. The number of benzene rings is 2. The van der Waals surface area contributed by atoms with Crippen LogP contribution in [-0.2, 0) is 13.0 Å². The SMILES string of the molecule is COc1cc(CN2c3c(cccc3OC)CCN2[O-])cc(N2CCNCC2)c1. The molecule has 28 heavy (non-hydrogen) atoms. The quantitative estimate of drug-likeness (QED) is 0.851. The number of hydrazine groups is 1. The number of nitrogens with one attached hydrogen (secondary N) is 1. The van der Waals surface area contributed by atoms with Crippen molar-refractivity contribution in [1.29, 1.82) is 0 Å². The van der Waals surface area contributed by atoms with Gasteiger partial charge in [0.05, 0.1) is 26.5 Å². The molecule has 2 aromatic carbocycles. The zero-order valence-electron chi connectivity index (χ0n) is 16.5. The third-order valence-corrected chi connectivity index (χ3v) is 5.40. The van der Waals surface area contributed by atoms with Crippen LogP contribution in [0, 0.1) is 5.21 Å². The number of nitrogens with zero attached hydrogens (tertiary/aromatic N) is 3. The van der Waals surface area contributed by atoms with Crippen molar-refractivity contribution in [1.82, 2.24) is 10.5 Å². The van der Waals surface area contributed by atoms with E-state index in [2.05, 4.69) is 28.4 Å². The van der Waals surface area contributed by atoms with Gasteiger partial charge in [0.25, 0.3) is 0 Å². The second-order valence-electron chi connectivity index (χ2n) is 7.13. The van der Waals surface area contributed by atoms with Gasteiger partial charge in [0.2, 0.25) is 0 Å². The Kier molecular flexibility index (Phi) is 5.57. The van der Waals surface area contributed by atoms with Gasteiger partial charge in [-0.2, -0.15) is 0 Å². The minimum absolute atomic E-state index is 0.439. The summed E-state index contributed by atoms with van der Waals surface area (Å²) in [5, 5.41) is 18.9. The van der Waals surface area contributed by atoms with Gasteiger partial charge in [-0.3, -0.25) is 5.17 Å². The second kappa shape index (κ2) is 8.26. The van der Waals surface area contributed by atoms with Crippen molar-refractivity contribution in [3.05, 3.63) is 52.7 Å². The summed E-state index contributed by atoms with van der Waals surface area (Å²) in [4.78, 5) is 2.35. The number of fused-ring (bicyclic) bond motifs is 1. The molecule has 1 fully saturated rings. The smallest absolute Gasteiger partial charge is 0.143 e. The summed E-state index contributed by atoms with van der Waals surface area (Å²) in [5.74, 6) is 1.53. The molecule has 0 spiro atoms. The van der Waals surface area contributed by atoms with Crippen molar-refractivity contribution in [3.63, 3.8) is 0 Å². The summed E-state index contributed by atoms with van der Waals surface area (Å²) in [6.07, 6.45) is 0.719. The molecule has 0 aromatic heterocycles. The Bertz CT molecular complexity index is 809. The highest BCUT2D eigenvalue weighted by Gasteiger charge is 2.23. The summed E-state index contributed by atoms with van der Waals surface area (Å²) >= 11 is 0. The standard InChI is InChI=1S/C21H27N4O3/c1-27-19-13-16(12-18(14-19)23-10-7-22-8-11-23)15-24-21-17(6-9-25(24)26)4-3-5-20(21)28-2/h3-5,12-14,22H,6-11,15H2,1-2H3/q-1. The highest BCUT2D eigenvalue weighted by molar-refractivity contribution is 5.65. The Labute approximate surface area is 166 Å². The summed E-state index contributed by atoms with van der Waals surface area (Å²) in [5.41, 5.74) is 4.16. The molecule has 1 saturated heterocycles. The fourth-order valence-electron chi connectivity index (χ4n) is 3.96. The summed E-state index contributed by atoms with van der Waals surface area (Å²) < 4.78 is 11.1. The maximum absolute atomic E-state index is 12.7. The maximum Gasteiger partial charge on any atom is 0.143 e. The lowest BCUT2D eigenvalue weighted by Crippen LogP contribution is -2.44. The third-order valence-electron chi connectivity index (χ3n) is 5.40. The van der Waals surface area contributed by atoms with Crippen LogP contribution in [0.4, 0.5) is 11.4 Å². The number of ether oxygens (including phenoxy) is 2. The number of piperazine rings is 1. The van der Waals surface area contributed by atoms with Gasteiger partial charge in [-0.25, -0.2) is 0 Å². The molecular weight excluding hydrogens is 356 g/mol. The van der Waals surface area contributed by atoms with E-state index < -0.39 is 0 Å². The number of anilines is 2. The van der Waals surface area contributed by atoms with Crippen LogP contribution in [-0.4, -0.2) is 52.1 Å². The van der Waals surface area contributed by atoms with Gasteiger partial charge in [-0.05, 0) is 35.7 Å². The molecule has 2 aliphatic rings. The molecule has 150 valence electrons. The van der Waals surface area contributed by atoms with Gasteiger partial charge < -0.3 is 29.9 Å². The predicted octanol–water partition coefficient (Wildman–Crippen LogP) is 2.39. The number of hydrogen-bond acceptors (Lipinski definition) is 7. The molecule has 2 aromatic rings. The molecule has 7 nitrogen and oxygen atoms in total. The molecule has 0 saturated carbocycles. The fourth-order valence-corrected chi connectivity index (χ4v) is 3.96. The van der Waals surface area contributed by atoms with Crippen LogP contribution in [0.3, 0.4) is 0 Å². The van der Waals surface area contributed by atoms with Gasteiger partial charge >= 0.3 is 0 Å². The molecule has 4 rings (SSSR count). The van der Waals surface area contributed by atoms with Gasteiger partial charge in [0.1, 0.15) is 11.5 Å². The molecule has 0 bridgehead atoms. The van der Waals surface area contributed by atoms with E-state index in [9.17, 15) is 5.21 Å². The second-order valence-corrected chi connectivity index (χ2v) is 7.13. The van der Waals surface area contributed by atoms with E-state index in [1.165, 1.54) is 0 Å². The minimum atomic E-state index is 0.439. The average Bonchev–Trinajstić information content (AvgIpc) is 2.75. The van der Waals surface area contributed by atoms with Crippen LogP contribution in [0.15, 0.2) is 36.4 Å². The van der Waals surface area contributed by atoms with Crippen molar-refractivity contribution < 1.29 is 9.47 Å². The first-order valence-electron chi connectivity index (χ1n) is 9.71. The van der Waals surface area contributed by atoms with Crippen LogP contribution >= 0.6 is 0 Å². The first-order valence-corrected chi connectivity index (χ1v) is 9.71. The van der Waals surface area contributed by atoms with Gasteiger partial charge in [0.15, 0.2) is 0 Å². The average molecular weight is 383 g/mol. The third kappa shape index (κ3) is 3.73. The van der Waals surface area contributed by atoms with Crippen molar-refractivity contribution in [2.24, 2.45) is 0 Å². The van der Waals surface area contributed by atoms with Crippen molar-refractivity contribution >= 4 is 11.4 Å². The Morgan fingerprint density at radius 1 is 1.04 bits per heavy atom. The molecule has 0 amide bonds. The summed E-state index contributed by atoms with van der Waals surface area (Å²) in [6, 6.07) is 12.2. The Balaban J connectivity index is 1.67. The lowest BCUT2D eigenvalue weighted by atomic mass is 10.1. The Hall–Kier alpha value is -2.48. The molecule has 7 heteroatoms. The van der Waals surface area contributed by atoms with E-state index in [1.807, 2.05) is 18.2 Å². The topological polar surface area (TPSA) is 63.3 Å². The lowest BCUT2D eigenvalue weighted by molar-refractivity contribution is 0.318. The zero-order chi connectivity index (χ0) is 19.5. The van der Waals surface area contributed by atoms with Gasteiger partial charge in [-0.15, -0.1) is 0 Å². The highest BCUT2D eigenvalue weighted by atomic mass is 16.6. The molecule has 0 radical (unpaired) electrons. The van der Waals surface area contributed by atoms with E-state index in [1.54, 1.807) is 19.2 Å². The molecule has 2 aliphatic heterocycles. The van der Waals surface area contributed by atoms with Crippen molar-refractivity contribution in [2.75, 3.05) is 56.9 Å². The van der Waals surface area contributed by atoms with Crippen LogP contribution in [0.1, 0.15) is 11.1 Å². The highest BCUT2D eigenvalue weighted by Crippen LogP contribution is 2.38. The van der Waals surface area contributed by atoms with Crippen molar-refractivity contribution in [2.45, 2.75) is 13.0 Å². The van der Waals surface area contributed by atoms with Crippen molar-refractivity contribution in [3.8, 4) is 11.5 Å². The molecular formula is C21H27N4O3-. The first kappa shape index (κ1) is 18.9. The van der Waals surface area contributed by atoms with Crippen LogP contribution in [0.5, 0.6) is 11.5 Å². The Morgan fingerprint density at radius 2 is 1.86 bits per heavy atom. The number of methoxy groups -OCH3 is 2. The summed E-state index contributed by atoms with van der Waals surface area (Å²) in [7, 11) is 3.32. The van der Waals surface area contributed by atoms with Gasteiger partial charge in [-0.1, -0.05) is 12.1 Å². The van der Waals surface area contributed by atoms with Crippen LogP contribution in [0.25, 0.3) is 0 Å². The summed E-state index contributed by atoms with van der Waals surface area (Å²) in [6.45, 7) is 4.76. The minimum Gasteiger partial charge on any atom is -0.767 e. The van der Waals surface area contributed by atoms with E-state index in [0.717, 1.165) is 71.8 Å². The molecule has 1 N–H and O–H groups in total. The predicted molar refractivity (Wildman–Crippen MR) is 111 cm³/mol. The fraction of sp³-hybridized carbons (Fsp3) is 0.429.